The van der Waals surface area contributed by atoms with Crippen molar-refractivity contribution in [3.8, 4) is 0 Å². The SMILES string of the molecule is CC1C(F)CCCN1c1ccc(Nc2nc(N3CCOCC3)ccc2[N+](=O)[O-])cc1. The Morgan fingerprint density at radius 2 is 1.90 bits per heavy atom. The number of hydrogen-bond acceptors (Lipinski definition) is 7. The molecule has 0 spiro atoms. The molecule has 2 aliphatic heterocycles. The summed E-state index contributed by atoms with van der Waals surface area (Å²) in [4.78, 5) is 19.7. The van der Waals surface area contributed by atoms with E-state index in [1.165, 1.54) is 6.07 Å². The first-order valence-electron chi connectivity index (χ1n) is 10.3. The van der Waals surface area contributed by atoms with Gasteiger partial charge in [-0.15, -0.1) is 0 Å². The first-order chi connectivity index (χ1) is 14.5. The van der Waals surface area contributed by atoms with Gasteiger partial charge in [0.2, 0.25) is 5.82 Å². The molecule has 8 nitrogen and oxygen atoms in total. The highest BCUT2D eigenvalue weighted by molar-refractivity contribution is 5.69. The molecule has 1 aromatic heterocycles. The van der Waals surface area contributed by atoms with E-state index in [-0.39, 0.29) is 17.5 Å². The molecule has 2 aromatic rings. The number of hydrogen-bond donors (Lipinski definition) is 1. The molecule has 3 heterocycles. The quantitative estimate of drug-likeness (QED) is 0.586. The zero-order valence-electron chi connectivity index (χ0n) is 17.0. The maximum Gasteiger partial charge on any atom is 0.311 e. The number of alkyl halides is 1. The van der Waals surface area contributed by atoms with Gasteiger partial charge in [0, 0.05) is 37.1 Å². The number of anilines is 4. The van der Waals surface area contributed by atoms with Crippen LogP contribution in [-0.2, 0) is 4.74 Å². The van der Waals surface area contributed by atoms with Gasteiger partial charge in [-0.3, -0.25) is 10.1 Å². The van der Waals surface area contributed by atoms with E-state index in [1.54, 1.807) is 6.07 Å². The molecule has 9 heteroatoms. The van der Waals surface area contributed by atoms with E-state index in [2.05, 4.69) is 15.2 Å². The van der Waals surface area contributed by atoms with Crippen LogP contribution >= 0.6 is 0 Å². The highest BCUT2D eigenvalue weighted by Gasteiger charge is 2.27. The Morgan fingerprint density at radius 3 is 2.60 bits per heavy atom. The molecule has 0 bridgehead atoms. The topological polar surface area (TPSA) is 83.8 Å². The lowest BCUT2D eigenvalue weighted by molar-refractivity contribution is -0.384. The number of aromatic nitrogens is 1. The van der Waals surface area contributed by atoms with Crippen LogP contribution in [0.3, 0.4) is 0 Å². The highest BCUT2D eigenvalue weighted by atomic mass is 19.1. The predicted octanol–water partition coefficient (Wildman–Crippen LogP) is 3.90. The van der Waals surface area contributed by atoms with Gasteiger partial charge >= 0.3 is 5.69 Å². The predicted molar refractivity (Wildman–Crippen MR) is 115 cm³/mol. The molecule has 1 aromatic carbocycles. The van der Waals surface area contributed by atoms with Crippen LogP contribution < -0.4 is 15.1 Å². The van der Waals surface area contributed by atoms with E-state index in [0.29, 0.717) is 44.2 Å². The number of nitrogens with zero attached hydrogens (tertiary/aromatic N) is 4. The third kappa shape index (κ3) is 4.30. The van der Waals surface area contributed by atoms with Crippen molar-refractivity contribution >= 4 is 28.7 Å². The smallest absolute Gasteiger partial charge is 0.311 e. The molecular formula is C21H26FN5O3. The summed E-state index contributed by atoms with van der Waals surface area (Å²) in [5.74, 6) is 0.881. The first-order valence-corrected chi connectivity index (χ1v) is 10.3. The van der Waals surface area contributed by atoms with Crippen molar-refractivity contribution < 1.29 is 14.1 Å². The van der Waals surface area contributed by atoms with Crippen LogP contribution in [0, 0.1) is 10.1 Å². The van der Waals surface area contributed by atoms with Gasteiger partial charge in [0.05, 0.1) is 24.2 Å². The zero-order chi connectivity index (χ0) is 21.1. The van der Waals surface area contributed by atoms with Crippen LogP contribution in [0.5, 0.6) is 0 Å². The third-order valence-corrected chi connectivity index (χ3v) is 5.75. The van der Waals surface area contributed by atoms with Crippen molar-refractivity contribution in [1.82, 2.24) is 4.98 Å². The van der Waals surface area contributed by atoms with E-state index < -0.39 is 11.1 Å². The molecule has 4 rings (SSSR count). The molecule has 2 aliphatic rings. The van der Waals surface area contributed by atoms with E-state index in [4.69, 9.17) is 4.74 Å². The summed E-state index contributed by atoms with van der Waals surface area (Å²) in [7, 11) is 0. The van der Waals surface area contributed by atoms with E-state index >= 15 is 0 Å². The number of ether oxygens (including phenoxy) is 1. The van der Waals surface area contributed by atoms with Gasteiger partial charge in [-0.2, -0.15) is 0 Å². The number of nitrogens with one attached hydrogen (secondary N) is 1. The zero-order valence-corrected chi connectivity index (χ0v) is 17.0. The van der Waals surface area contributed by atoms with Crippen molar-refractivity contribution in [3.05, 3.63) is 46.5 Å². The fourth-order valence-corrected chi connectivity index (χ4v) is 3.98. The Labute approximate surface area is 174 Å². The average molecular weight is 415 g/mol. The number of benzene rings is 1. The molecule has 0 radical (unpaired) electrons. The van der Waals surface area contributed by atoms with Gasteiger partial charge in [0.1, 0.15) is 12.0 Å². The highest BCUT2D eigenvalue weighted by Crippen LogP contribution is 2.31. The monoisotopic (exact) mass is 415 g/mol. The molecular weight excluding hydrogens is 389 g/mol. The van der Waals surface area contributed by atoms with E-state index in [1.807, 2.05) is 36.1 Å². The number of halogens is 1. The summed E-state index contributed by atoms with van der Waals surface area (Å²) in [5, 5.41) is 14.6. The lowest BCUT2D eigenvalue weighted by atomic mass is 10.0. The minimum absolute atomic E-state index is 0.0824. The first kappa shape index (κ1) is 20.3. The Hall–Kier alpha value is -2.94. The van der Waals surface area contributed by atoms with Gasteiger partial charge in [0.15, 0.2) is 0 Å². The molecule has 2 unspecified atom stereocenters. The second-order valence-corrected chi connectivity index (χ2v) is 7.66. The molecule has 2 fully saturated rings. The van der Waals surface area contributed by atoms with Crippen molar-refractivity contribution in [3.63, 3.8) is 0 Å². The van der Waals surface area contributed by atoms with Gasteiger partial charge in [0.25, 0.3) is 0 Å². The van der Waals surface area contributed by atoms with Crippen molar-refractivity contribution in [1.29, 1.82) is 0 Å². The normalized spacial score (nSPS) is 22.1. The lowest BCUT2D eigenvalue weighted by Crippen LogP contribution is -2.44. The summed E-state index contributed by atoms with van der Waals surface area (Å²) in [6.07, 6.45) is 0.605. The Kier molecular flexibility index (Phi) is 5.98. The molecule has 2 saturated heterocycles. The number of piperidine rings is 1. The Bertz CT molecular complexity index is 889. The van der Waals surface area contributed by atoms with Crippen molar-refractivity contribution in [2.45, 2.75) is 32.0 Å². The number of rotatable bonds is 5. The lowest BCUT2D eigenvalue weighted by Gasteiger charge is -2.37. The van der Waals surface area contributed by atoms with Crippen molar-refractivity contribution in [2.75, 3.05) is 48.0 Å². The molecule has 2 atom stereocenters. The third-order valence-electron chi connectivity index (χ3n) is 5.75. The number of morpholine rings is 1. The second kappa shape index (κ2) is 8.83. The Morgan fingerprint density at radius 1 is 1.17 bits per heavy atom. The van der Waals surface area contributed by atoms with Gasteiger partial charge in [-0.25, -0.2) is 9.37 Å². The van der Waals surface area contributed by atoms with Crippen LogP contribution in [0.25, 0.3) is 0 Å². The van der Waals surface area contributed by atoms with Crippen LogP contribution in [0.2, 0.25) is 0 Å². The number of nitro groups is 1. The van der Waals surface area contributed by atoms with Crippen LogP contribution in [0.4, 0.5) is 33.1 Å². The maximum absolute atomic E-state index is 14.1. The minimum Gasteiger partial charge on any atom is -0.378 e. The molecule has 160 valence electrons. The van der Waals surface area contributed by atoms with E-state index in [0.717, 1.165) is 18.7 Å². The second-order valence-electron chi connectivity index (χ2n) is 7.66. The summed E-state index contributed by atoms with van der Waals surface area (Å²) in [6, 6.07) is 10.5. The fourth-order valence-electron chi connectivity index (χ4n) is 3.98. The molecule has 0 aliphatic carbocycles. The summed E-state index contributed by atoms with van der Waals surface area (Å²) in [6.45, 7) is 5.34. The van der Waals surface area contributed by atoms with Crippen molar-refractivity contribution in [2.24, 2.45) is 0 Å². The number of pyridine rings is 1. The standard InChI is InChI=1S/C21H26FN5O3/c1-15-18(22)3-2-10-26(15)17-6-4-16(5-7-17)23-21-19(27(28)29)8-9-20(24-21)25-11-13-30-14-12-25/h4-9,15,18H,2-3,10-14H2,1H3,(H,23,24). The molecule has 1 N–H and O–H groups in total. The average Bonchev–Trinajstić information content (AvgIpc) is 2.77. The van der Waals surface area contributed by atoms with Gasteiger partial charge < -0.3 is 19.9 Å². The molecule has 0 amide bonds. The van der Waals surface area contributed by atoms with Crippen LogP contribution in [-0.4, -0.2) is 55.0 Å². The Balaban J connectivity index is 1.54. The van der Waals surface area contributed by atoms with Crippen LogP contribution in [0.1, 0.15) is 19.8 Å². The van der Waals surface area contributed by atoms with Gasteiger partial charge in [-0.1, -0.05) is 0 Å². The fraction of sp³-hybridized carbons (Fsp3) is 0.476. The maximum atomic E-state index is 14.1. The van der Waals surface area contributed by atoms with E-state index in [9.17, 15) is 14.5 Å². The summed E-state index contributed by atoms with van der Waals surface area (Å²) >= 11 is 0. The molecule has 30 heavy (non-hydrogen) atoms. The molecule has 0 saturated carbocycles. The summed E-state index contributed by atoms with van der Waals surface area (Å²) < 4.78 is 19.4. The van der Waals surface area contributed by atoms with Crippen LogP contribution in [0.15, 0.2) is 36.4 Å². The minimum atomic E-state index is -0.827. The van der Waals surface area contributed by atoms with Gasteiger partial charge in [-0.05, 0) is 50.1 Å². The summed E-state index contributed by atoms with van der Waals surface area (Å²) in [5.41, 5.74) is 1.55. The largest absolute Gasteiger partial charge is 0.378 e.